The summed E-state index contributed by atoms with van der Waals surface area (Å²) in [4.78, 5) is 8.98. The van der Waals surface area contributed by atoms with Crippen molar-refractivity contribution in [1.82, 2.24) is 19.7 Å². The van der Waals surface area contributed by atoms with Gasteiger partial charge in [0.1, 0.15) is 11.6 Å². The van der Waals surface area contributed by atoms with Gasteiger partial charge in [-0.2, -0.15) is 10.1 Å². The highest BCUT2D eigenvalue weighted by Crippen LogP contribution is 2.33. The minimum atomic E-state index is -0.476. The van der Waals surface area contributed by atoms with Crippen LogP contribution in [0.2, 0.25) is 5.02 Å². The van der Waals surface area contributed by atoms with Crippen molar-refractivity contribution >= 4 is 34.4 Å². The Labute approximate surface area is 136 Å². The van der Waals surface area contributed by atoms with Crippen LogP contribution in [0, 0.1) is 5.82 Å². The molecule has 1 aliphatic rings. The van der Waals surface area contributed by atoms with Crippen molar-refractivity contribution in [3.63, 3.8) is 0 Å². The molecular formula is C15H14ClFN6. The molecule has 1 fully saturated rings. The summed E-state index contributed by atoms with van der Waals surface area (Å²) in [6.45, 7) is 0. The van der Waals surface area contributed by atoms with Crippen LogP contribution in [0.1, 0.15) is 12.8 Å². The predicted molar refractivity (Wildman–Crippen MR) is 87.8 cm³/mol. The molecule has 0 atom stereocenters. The topological polar surface area (TPSA) is 81.7 Å². The first-order valence-corrected chi connectivity index (χ1v) is 7.63. The Hall–Kier alpha value is -2.41. The molecule has 0 spiro atoms. The van der Waals surface area contributed by atoms with Crippen molar-refractivity contribution in [2.75, 3.05) is 11.1 Å². The van der Waals surface area contributed by atoms with Crippen LogP contribution in [0.3, 0.4) is 0 Å². The number of hydrogen-bond donors (Lipinski definition) is 2. The third-order valence-electron chi connectivity index (χ3n) is 3.84. The van der Waals surface area contributed by atoms with E-state index in [0.717, 1.165) is 12.8 Å². The molecule has 1 aliphatic carbocycles. The average molecular weight is 333 g/mol. The van der Waals surface area contributed by atoms with Crippen molar-refractivity contribution in [2.45, 2.75) is 18.9 Å². The van der Waals surface area contributed by atoms with E-state index in [1.807, 2.05) is 0 Å². The van der Waals surface area contributed by atoms with E-state index in [1.165, 1.54) is 12.1 Å². The summed E-state index contributed by atoms with van der Waals surface area (Å²) in [5.41, 5.74) is 7.86. The molecular weight excluding hydrogens is 319 g/mol. The molecule has 6 nitrogen and oxygen atoms in total. The lowest BCUT2D eigenvalue weighted by Gasteiger charge is -2.08. The number of fused-ring (bicyclic) bond motifs is 1. The molecule has 2 heterocycles. The molecule has 1 aromatic carbocycles. The number of anilines is 2. The molecule has 118 valence electrons. The number of halogens is 2. The van der Waals surface area contributed by atoms with Crippen LogP contribution < -0.4 is 11.1 Å². The number of nitrogen functional groups attached to an aromatic ring is 1. The number of benzene rings is 1. The van der Waals surface area contributed by atoms with Crippen molar-refractivity contribution in [1.29, 1.82) is 0 Å². The lowest BCUT2D eigenvalue weighted by molar-refractivity contribution is 0.628. The predicted octanol–water partition coefficient (Wildman–Crippen LogP) is 2.98. The van der Waals surface area contributed by atoms with Crippen LogP contribution in [-0.4, -0.2) is 25.8 Å². The highest BCUT2D eigenvalue weighted by Gasteiger charge is 2.24. The van der Waals surface area contributed by atoms with Gasteiger partial charge in [0.05, 0.1) is 16.1 Å². The maximum Gasteiger partial charge on any atom is 0.225 e. The molecule has 3 N–H and O–H groups in total. The number of aryl methyl sites for hydroxylation is 1. The SMILES string of the molecule is Cn1nc2nc(NC3CC3)nc(-c3ccc(F)c(Cl)c3)c2c1N. The molecule has 8 heteroatoms. The number of nitrogens with two attached hydrogens (primary N) is 1. The lowest BCUT2D eigenvalue weighted by atomic mass is 10.1. The maximum absolute atomic E-state index is 13.5. The molecule has 3 aromatic rings. The molecule has 2 aromatic heterocycles. The standard InChI is InChI=1S/C15H14ClFN6/c1-23-13(18)11-12(7-2-5-10(17)9(16)6-7)20-15(19-8-3-4-8)21-14(11)22-23/h2,5-6,8H,3-4,18H2,1H3,(H,19,21,22). The van der Waals surface area contributed by atoms with Gasteiger partial charge in [-0.3, -0.25) is 4.68 Å². The van der Waals surface area contributed by atoms with Gasteiger partial charge in [0, 0.05) is 18.7 Å². The van der Waals surface area contributed by atoms with Crippen molar-refractivity contribution in [2.24, 2.45) is 7.05 Å². The second kappa shape index (κ2) is 5.06. The average Bonchev–Trinajstić information content (AvgIpc) is 3.28. The second-order valence-electron chi connectivity index (χ2n) is 5.65. The number of nitrogens with zero attached hydrogens (tertiary/aromatic N) is 4. The maximum atomic E-state index is 13.5. The molecule has 0 saturated heterocycles. The molecule has 0 radical (unpaired) electrons. The summed E-state index contributed by atoms with van der Waals surface area (Å²) in [6.07, 6.45) is 2.20. The van der Waals surface area contributed by atoms with Crippen LogP contribution >= 0.6 is 11.6 Å². The van der Waals surface area contributed by atoms with E-state index < -0.39 is 5.82 Å². The molecule has 23 heavy (non-hydrogen) atoms. The molecule has 4 rings (SSSR count). The van der Waals surface area contributed by atoms with Crippen LogP contribution in [0.15, 0.2) is 18.2 Å². The Morgan fingerprint density at radius 2 is 2.13 bits per heavy atom. The minimum absolute atomic E-state index is 0.0356. The van der Waals surface area contributed by atoms with E-state index in [9.17, 15) is 4.39 Å². The first kappa shape index (κ1) is 14.2. The Bertz CT molecular complexity index is 918. The zero-order chi connectivity index (χ0) is 16.1. The van der Waals surface area contributed by atoms with Gasteiger partial charge >= 0.3 is 0 Å². The molecule has 0 bridgehead atoms. The van der Waals surface area contributed by atoms with E-state index >= 15 is 0 Å². The summed E-state index contributed by atoms with van der Waals surface area (Å²) in [7, 11) is 1.74. The number of hydrogen-bond acceptors (Lipinski definition) is 5. The summed E-state index contributed by atoms with van der Waals surface area (Å²) in [6, 6.07) is 4.87. The molecule has 0 aliphatic heterocycles. The Morgan fingerprint density at radius 3 is 2.83 bits per heavy atom. The highest BCUT2D eigenvalue weighted by molar-refractivity contribution is 6.31. The van der Waals surface area contributed by atoms with Gasteiger partial charge < -0.3 is 11.1 Å². The lowest BCUT2D eigenvalue weighted by Crippen LogP contribution is -2.06. The first-order chi connectivity index (χ1) is 11.0. The third-order valence-corrected chi connectivity index (χ3v) is 4.13. The number of nitrogens with one attached hydrogen (secondary N) is 1. The van der Waals surface area contributed by atoms with Gasteiger partial charge in [-0.15, -0.1) is 0 Å². The zero-order valence-corrected chi connectivity index (χ0v) is 13.1. The summed E-state index contributed by atoms with van der Waals surface area (Å²) < 4.78 is 15.0. The van der Waals surface area contributed by atoms with Gasteiger partial charge in [-0.1, -0.05) is 11.6 Å². The second-order valence-corrected chi connectivity index (χ2v) is 6.06. The van der Waals surface area contributed by atoms with Gasteiger partial charge in [-0.05, 0) is 31.0 Å². The van der Waals surface area contributed by atoms with Gasteiger partial charge in [0.15, 0.2) is 5.65 Å². The Balaban J connectivity index is 1.95. The Kier molecular flexibility index (Phi) is 3.12. The summed E-state index contributed by atoms with van der Waals surface area (Å²) >= 11 is 5.91. The number of rotatable bonds is 3. The molecule has 0 amide bonds. The van der Waals surface area contributed by atoms with Crippen LogP contribution in [-0.2, 0) is 7.05 Å². The van der Waals surface area contributed by atoms with E-state index in [4.69, 9.17) is 17.3 Å². The quantitative estimate of drug-likeness (QED) is 0.770. The first-order valence-electron chi connectivity index (χ1n) is 7.25. The van der Waals surface area contributed by atoms with Crippen molar-refractivity contribution in [3.05, 3.63) is 29.0 Å². The van der Waals surface area contributed by atoms with E-state index in [1.54, 1.807) is 17.8 Å². The normalized spacial score (nSPS) is 14.4. The van der Waals surface area contributed by atoms with Crippen molar-refractivity contribution in [3.8, 4) is 11.3 Å². The van der Waals surface area contributed by atoms with E-state index in [2.05, 4.69) is 20.4 Å². The highest BCUT2D eigenvalue weighted by atomic mass is 35.5. The molecule has 1 saturated carbocycles. The fourth-order valence-corrected chi connectivity index (χ4v) is 2.62. The molecule has 0 unspecified atom stereocenters. The third kappa shape index (κ3) is 2.46. The smallest absolute Gasteiger partial charge is 0.225 e. The summed E-state index contributed by atoms with van der Waals surface area (Å²) in [5, 5.41) is 8.25. The Morgan fingerprint density at radius 1 is 1.35 bits per heavy atom. The van der Waals surface area contributed by atoms with E-state index in [0.29, 0.717) is 40.1 Å². The zero-order valence-electron chi connectivity index (χ0n) is 12.3. The van der Waals surface area contributed by atoms with Gasteiger partial charge in [-0.25, -0.2) is 9.37 Å². The van der Waals surface area contributed by atoms with E-state index in [-0.39, 0.29) is 5.02 Å². The van der Waals surface area contributed by atoms with Crippen molar-refractivity contribution < 1.29 is 4.39 Å². The number of aromatic nitrogens is 4. The van der Waals surface area contributed by atoms with Crippen LogP contribution in [0.4, 0.5) is 16.2 Å². The fourth-order valence-electron chi connectivity index (χ4n) is 2.44. The summed E-state index contributed by atoms with van der Waals surface area (Å²) in [5.74, 6) is 0.471. The fraction of sp³-hybridized carbons (Fsp3) is 0.267. The van der Waals surface area contributed by atoms with Crippen LogP contribution in [0.25, 0.3) is 22.3 Å². The van der Waals surface area contributed by atoms with Crippen LogP contribution in [0.5, 0.6) is 0 Å². The van der Waals surface area contributed by atoms with Gasteiger partial charge in [0.25, 0.3) is 0 Å². The minimum Gasteiger partial charge on any atom is -0.383 e. The van der Waals surface area contributed by atoms with Gasteiger partial charge in [0.2, 0.25) is 5.95 Å². The monoisotopic (exact) mass is 332 g/mol. The largest absolute Gasteiger partial charge is 0.383 e.